The fourth-order valence-corrected chi connectivity index (χ4v) is 1.47. The van der Waals surface area contributed by atoms with Gasteiger partial charge in [-0.15, -0.1) is 0 Å². The lowest BCUT2D eigenvalue weighted by molar-refractivity contribution is -0.140. The highest BCUT2D eigenvalue weighted by atomic mass is 16.4. The monoisotopic (exact) mass is 302 g/mol. The number of carbonyl (C=O) groups excluding carboxylic acids is 3. The second-order valence-electron chi connectivity index (χ2n) is 4.72. The molecule has 0 aromatic heterocycles. The number of nitrogens with one attached hydrogen (secondary N) is 1. The van der Waals surface area contributed by atoms with Gasteiger partial charge in [0.15, 0.2) is 0 Å². The maximum atomic E-state index is 12.0. The maximum Gasteiger partial charge on any atom is 0.326 e. The third-order valence-electron chi connectivity index (χ3n) is 2.61. The number of hydrogen-bond donors (Lipinski definition) is 3. The van der Waals surface area contributed by atoms with E-state index in [9.17, 15) is 19.2 Å². The molecule has 120 valence electrons. The number of carboxylic acid groups (broad SMARTS) is 1. The van der Waals surface area contributed by atoms with Gasteiger partial charge in [0, 0.05) is 20.6 Å². The van der Waals surface area contributed by atoms with E-state index in [2.05, 4.69) is 5.32 Å². The first kappa shape index (κ1) is 18.7. The van der Waals surface area contributed by atoms with Crippen LogP contribution in [0.4, 0.5) is 4.79 Å². The van der Waals surface area contributed by atoms with E-state index in [1.54, 1.807) is 14.1 Å². The summed E-state index contributed by atoms with van der Waals surface area (Å²) in [6.45, 7) is 1.93. The summed E-state index contributed by atoms with van der Waals surface area (Å²) in [5, 5.41) is 11.1. The van der Waals surface area contributed by atoms with Crippen LogP contribution in [0.25, 0.3) is 0 Å². The Kier molecular flexibility index (Phi) is 7.80. The third-order valence-corrected chi connectivity index (χ3v) is 2.61. The van der Waals surface area contributed by atoms with Gasteiger partial charge in [-0.3, -0.25) is 9.59 Å². The molecule has 0 unspecified atom stereocenters. The van der Waals surface area contributed by atoms with Crippen LogP contribution in [0.5, 0.6) is 0 Å². The van der Waals surface area contributed by atoms with Crippen LogP contribution in [0.15, 0.2) is 0 Å². The summed E-state index contributed by atoms with van der Waals surface area (Å²) < 4.78 is 0. The summed E-state index contributed by atoms with van der Waals surface area (Å²) in [5.74, 6) is -2.49. The number of likely N-dealkylation sites (N-methyl/N-ethyl adjacent to an activating group) is 1. The molecular formula is C12H22N4O5. The van der Waals surface area contributed by atoms with Crippen LogP contribution < -0.4 is 11.1 Å². The summed E-state index contributed by atoms with van der Waals surface area (Å²) in [4.78, 5) is 47.9. The first-order valence-electron chi connectivity index (χ1n) is 6.45. The minimum atomic E-state index is -1.41. The number of carbonyl (C=O) groups is 4. The number of hydrogen-bond acceptors (Lipinski definition) is 4. The van der Waals surface area contributed by atoms with Gasteiger partial charge < -0.3 is 26.0 Å². The van der Waals surface area contributed by atoms with E-state index in [1.165, 1.54) is 9.80 Å². The van der Waals surface area contributed by atoms with Gasteiger partial charge in [-0.05, 0) is 6.42 Å². The van der Waals surface area contributed by atoms with E-state index in [0.29, 0.717) is 6.42 Å². The largest absolute Gasteiger partial charge is 0.480 e. The molecule has 0 radical (unpaired) electrons. The molecule has 0 spiro atoms. The predicted molar refractivity (Wildman–Crippen MR) is 74.3 cm³/mol. The van der Waals surface area contributed by atoms with Crippen molar-refractivity contribution >= 4 is 23.8 Å². The Morgan fingerprint density at radius 3 is 2.19 bits per heavy atom. The predicted octanol–water partition coefficient (Wildman–Crippen LogP) is -1.18. The van der Waals surface area contributed by atoms with Crippen LogP contribution in [-0.4, -0.2) is 71.9 Å². The minimum absolute atomic E-state index is 0.171. The van der Waals surface area contributed by atoms with Crippen LogP contribution in [0.1, 0.15) is 19.8 Å². The Labute approximate surface area is 123 Å². The van der Waals surface area contributed by atoms with Gasteiger partial charge in [-0.2, -0.15) is 0 Å². The van der Waals surface area contributed by atoms with Crippen molar-refractivity contribution in [3.8, 4) is 0 Å². The van der Waals surface area contributed by atoms with Gasteiger partial charge in [0.1, 0.15) is 12.6 Å². The fourth-order valence-electron chi connectivity index (χ4n) is 1.47. The Morgan fingerprint density at radius 1 is 1.24 bits per heavy atom. The summed E-state index contributed by atoms with van der Waals surface area (Å²) >= 11 is 0. The molecule has 0 aromatic carbocycles. The van der Waals surface area contributed by atoms with Crippen molar-refractivity contribution in [2.45, 2.75) is 25.8 Å². The van der Waals surface area contributed by atoms with E-state index < -0.39 is 30.4 Å². The average Bonchev–Trinajstić information content (AvgIpc) is 2.36. The fraction of sp³-hybridized carbons (Fsp3) is 0.667. The molecule has 0 rings (SSSR count). The highest BCUT2D eigenvalue weighted by Gasteiger charge is 2.25. The molecule has 0 aliphatic rings. The van der Waals surface area contributed by atoms with Crippen molar-refractivity contribution < 1.29 is 24.3 Å². The lowest BCUT2D eigenvalue weighted by Crippen LogP contribution is -2.51. The molecule has 0 aliphatic carbocycles. The molecule has 1 atom stereocenters. The van der Waals surface area contributed by atoms with Crippen molar-refractivity contribution in [2.24, 2.45) is 5.73 Å². The Balaban J connectivity index is 4.82. The highest BCUT2D eigenvalue weighted by molar-refractivity contribution is 5.89. The van der Waals surface area contributed by atoms with Gasteiger partial charge in [0.2, 0.25) is 11.8 Å². The number of amides is 4. The van der Waals surface area contributed by atoms with Crippen LogP contribution in [-0.2, 0) is 14.4 Å². The van der Waals surface area contributed by atoms with Gasteiger partial charge >= 0.3 is 12.0 Å². The summed E-state index contributed by atoms with van der Waals surface area (Å²) in [5.41, 5.74) is 4.93. The second-order valence-corrected chi connectivity index (χ2v) is 4.72. The lowest BCUT2D eigenvalue weighted by atomic mass is 10.2. The zero-order chi connectivity index (χ0) is 16.6. The lowest BCUT2D eigenvalue weighted by Gasteiger charge is -2.25. The van der Waals surface area contributed by atoms with Crippen LogP contribution in [0.2, 0.25) is 0 Å². The van der Waals surface area contributed by atoms with Crippen molar-refractivity contribution in [2.75, 3.05) is 27.2 Å². The highest BCUT2D eigenvalue weighted by Crippen LogP contribution is 1.99. The number of rotatable bonds is 8. The molecule has 0 saturated carbocycles. The van der Waals surface area contributed by atoms with E-state index in [-0.39, 0.29) is 19.0 Å². The molecular weight excluding hydrogens is 280 g/mol. The SMILES string of the molecule is CCCN(CC(=O)N(C)C)C(=O)N[C@@H](CC(N)=O)C(=O)O. The van der Waals surface area contributed by atoms with E-state index in [1.807, 2.05) is 6.92 Å². The van der Waals surface area contributed by atoms with Gasteiger partial charge in [-0.25, -0.2) is 9.59 Å². The summed E-state index contributed by atoms with van der Waals surface area (Å²) in [6, 6.07) is -2.13. The Hall–Kier alpha value is -2.32. The molecule has 0 bridgehead atoms. The maximum absolute atomic E-state index is 12.0. The smallest absolute Gasteiger partial charge is 0.326 e. The minimum Gasteiger partial charge on any atom is -0.480 e. The molecule has 0 saturated heterocycles. The molecule has 0 heterocycles. The van der Waals surface area contributed by atoms with Crippen molar-refractivity contribution in [1.82, 2.24) is 15.1 Å². The van der Waals surface area contributed by atoms with Gasteiger partial charge in [-0.1, -0.05) is 6.92 Å². The van der Waals surface area contributed by atoms with Crippen molar-refractivity contribution in [3.63, 3.8) is 0 Å². The van der Waals surface area contributed by atoms with Crippen molar-refractivity contribution in [3.05, 3.63) is 0 Å². The molecule has 0 fully saturated rings. The number of carboxylic acids is 1. The van der Waals surface area contributed by atoms with Gasteiger partial charge in [0.05, 0.1) is 6.42 Å². The summed E-state index contributed by atoms with van der Waals surface area (Å²) in [7, 11) is 3.11. The number of urea groups is 1. The molecule has 4 N–H and O–H groups in total. The Bertz CT molecular complexity index is 410. The average molecular weight is 302 g/mol. The number of nitrogens with zero attached hydrogens (tertiary/aromatic N) is 2. The quantitative estimate of drug-likeness (QED) is 0.519. The zero-order valence-corrected chi connectivity index (χ0v) is 12.5. The van der Waals surface area contributed by atoms with E-state index in [4.69, 9.17) is 10.8 Å². The molecule has 9 heteroatoms. The molecule has 0 aliphatic heterocycles. The third kappa shape index (κ3) is 7.14. The van der Waals surface area contributed by atoms with Crippen LogP contribution in [0.3, 0.4) is 0 Å². The number of nitrogens with two attached hydrogens (primary N) is 1. The van der Waals surface area contributed by atoms with E-state index in [0.717, 1.165) is 0 Å². The molecule has 4 amide bonds. The molecule has 21 heavy (non-hydrogen) atoms. The topological polar surface area (TPSA) is 133 Å². The van der Waals surface area contributed by atoms with Gasteiger partial charge in [0.25, 0.3) is 0 Å². The number of aliphatic carboxylic acids is 1. The zero-order valence-electron chi connectivity index (χ0n) is 12.5. The van der Waals surface area contributed by atoms with Crippen LogP contribution >= 0.6 is 0 Å². The van der Waals surface area contributed by atoms with Crippen LogP contribution in [0, 0.1) is 0 Å². The Morgan fingerprint density at radius 2 is 1.81 bits per heavy atom. The first-order valence-corrected chi connectivity index (χ1v) is 6.45. The first-order chi connectivity index (χ1) is 9.68. The number of primary amides is 1. The van der Waals surface area contributed by atoms with E-state index >= 15 is 0 Å². The normalized spacial score (nSPS) is 11.4. The second kappa shape index (κ2) is 8.77. The standard InChI is InChI=1S/C12H22N4O5/c1-4-5-16(7-10(18)15(2)3)12(21)14-8(11(19)20)6-9(13)17/h8H,4-7H2,1-3H3,(H2,13,17)(H,14,21)(H,19,20)/t8-/m0/s1. The molecule has 0 aromatic rings. The molecule has 9 nitrogen and oxygen atoms in total. The van der Waals surface area contributed by atoms with Crippen molar-refractivity contribution in [1.29, 1.82) is 0 Å². The summed E-state index contributed by atoms with van der Waals surface area (Å²) in [6.07, 6.45) is 0.0877.